The predicted octanol–water partition coefficient (Wildman–Crippen LogP) is 5.79. The summed E-state index contributed by atoms with van der Waals surface area (Å²) in [5, 5.41) is 10.0. The number of benzene rings is 2. The summed E-state index contributed by atoms with van der Waals surface area (Å²) in [5.41, 5.74) is -1.20. The Kier molecular flexibility index (Phi) is 6.31. The van der Waals surface area contributed by atoms with Crippen LogP contribution in [-0.4, -0.2) is 33.3 Å². The Morgan fingerprint density at radius 3 is 2.40 bits per heavy atom. The first-order chi connectivity index (χ1) is 16.5. The van der Waals surface area contributed by atoms with Crippen molar-refractivity contribution in [2.45, 2.75) is 6.18 Å². The van der Waals surface area contributed by atoms with Gasteiger partial charge in [-0.15, -0.1) is 0 Å². The van der Waals surface area contributed by atoms with Crippen LogP contribution >= 0.6 is 11.8 Å². The summed E-state index contributed by atoms with van der Waals surface area (Å²) < 4.78 is 45.3. The molecule has 0 spiro atoms. The van der Waals surface area contributed by atoms with Gasteiger partial charge in [-0.1, -0.05) is 18.2 Å². The molecule has 12 heteroatoms. The van der Waals surface area contributed by atoms with E-state index in [-0.39, 0.29) is 33.2 Å². The Bertz CT molecular complexity index is 1380. The molecule has 35 heavy (non-hydrogen) atoms. The summed E-state index contributed by atoms with van der Waals surface area (Å²) in [6.07, 6.45) is -3.39. The zero-order valence-electron chi connectivity index (χ0n) is 17.4. The molecule has 0 aliphatic carbocycles. The molecule has 0 unspecified atom stereocenters. The summed E-state index contributed by atoms with van der Waals surface area (Å²) in [7, 11) is 0. The van der Waals surface area contributed by atoms with E-state index in [0.717, 1.165) is 18.2 Å². The first-order valence-corrected chi connectivity index (χ1v) is 10.7. The molecule has 1 aliphatic rings. The smallest absolute Gasteiger partial charge is 0.417 e. The van der Waals surface area contributed by atoms with E-state index in [1.165, 1.54) is 48.5 Å². The molecule has 178 valence electrons. The third-order valence-electron chi connectivity index (χ3n) is 4.97. The van der Waals surface area contributed by atoms with Crippen LogP contribution in [0.15, 0.2) is 70.0 Å². The Labute approximate surface area is 199 Å². The minimum atomic E-state index is -4.59. The highest BCUT2D eigenvalue weighted by Crippen LogP contribution is 2.38. The van der Waals surface area contributed by atoms with Crippen LogP contribution in [0.5, 0.6) is 0 Å². The number of furan rings is 1. The van der Waals surface area contributed by atoms with Crippen LogP contribution in [0, 0.1) is 10.1 Å². The van der Waals surface area contributed by atoms with E-state index < -0.39 is 40.1 Å². The number of amides is 2. The predicted molar refractivity (Wildman–Crippen MR) is 119 cm³/mol. The summed E-state index contributed by atoms with van der Waals surface area (Å²) >= 11 is 0.550. The van der Waals surface area contributed by atoms with E-state index in [0.29, 0.717) is 16.7 Å². The molecule has 3 aromatic rings. The summed E-state index contributed by atoms with van der Waals surface area (Å²) in [6.45, 7) is -0.581. The number of hydrogen-bond acceptors (Lipinski definition) is 7. The van der Waals surface area contributed by atoms with Crippen molar-refractivity contribution in [3.05, 3.63) is 92.6 Å². The Morgan fingerprint density at radius 2 is 1.74 bits per heavy atom. The second-order valence-corrected chi connectivity index (χ2v) is 8.23. The molecule has 2 heterocycles. The van der Waals surface area contributed by atoms with Gasteiger partial charge in [-0.2, -0.15) is 13.2 Å². The minimum Gasteiger partial charge on any atom is -0.457 e. The maximum Gasteiger partial charge on any atom is 0.417 e. The van der Waals surface area contributed by atoms with E-state index in [4.69, 9.17) is 4.42 Å². The number of rotatable bonds is 6. The normalized spacial score (nSPS) is 15.2. The van der Waals surface area contributed by atoms with Gasteiger partial charge >= 0.3 is 6.18 Å². The molecule has 0 N–H and O–H groups in total. The van der Waals surface area contributed by atoms with Crippen molar-refractivity contribution >= 4 is 40.5 Å². The largest absolute Gasteiger partial charge is 0.457 e. The van der Waals surface area contributed by atoms with Crippen LogP contribution in [-0.2, 0) is 11.0 Å². The molecule has 0 atom stereocenters. The lowest BCUT2D eigenvalue weighted by molar-refractivity contribution is -0.384. The number of nitro benzene ring substituents is 1. The van der Waals surface area contributed by atoms with Crippen molar-refractivity contribution in [3.8, 4) is 11.3 Å². The molecule has 0 radical (unpaired) electrons. The van der Waals surface area contributed by atoms with Crippen LogP contribution in [0.4, 0.5) is 23.7 Å². The van der Waals surface area contributed by atoms with Crippen LogP contribution < -0.4 is 0 Å². The average Bonchev–Trinajstić information content (AvgIpc) is 3.38. The van der Waals surface area contributed by atoms with E-state index >= 15 is 0 Å². The van der Waals surface area contributed by atoms with Crippen molar-refractivity contribution < 1.29 is 36.9 Å². The van der Waals surface area contributed by atoms with Gasteiger partial charge in [0.25, 0.3) is 16.8 Å². The van der Waals surface area contributed by atoms with Gasteiger partial charge < -0.3 is 4.42 Å². The first-order valence-electron chi connectivity index (χ1n) is 9.84. The summed E-state index contributed by atoms with van der Waals surface area (Å²) in [4.78, 5) is 48.2. The molecule has 1 fully saturated rings. The number of carbonyl (C=O) groups is 3. The molecule has 1 aromatic heterocycles. The fraction of sp³-hybridized carbons (Fsp3) is 0.0870. The number of Topliss-reactive ketones (excluding diaryl/α,β-unsaturated/α-hetero) is 1. The van der Waals surface area contributed by atoms with Gasteiger partial charge in [0.1, 0.15) is 11.5 Å². The van der Waals surface area contributed by atoms with E-state index in [1.54, 1.807) is 0 Å². The van der Waals surface area contributed by atoms with E-state index in [9.17, 15) is 37.7 Å². The highest BCUT2D eigenvalue weighted by molar-refractivity contribution is 8.18. The average molecular weight is 502 g/mol. The zero-order valence-corrected chi connectivity index (χ0v) is 18.3. The number of nitro groups is 1. The first kappa shape index (κ1) is 24.0. The third kappa shape index (κ3) is 5.01. The monoisotopic (exact) mass is 502 g/mol. The van der Waals surface area contributed by atoms with Crippen LogP contribution in [0.3, 0.4) is 0 Å². The van der Waals surface area contributed by atoms with Gasteiger partial charge in [0.05, 0.1) is 21.9 Å². The van der Waals surface area contributed by atoms with Crippen molar-refractivity contribution in [1.29, 1.82) is 0 Å². The van der Waals surface area contributed by atoms with Crippen LogP contribution in [0.2, 0.25) is 0 Å². The highest BCUT2D eigenvalue weighted by Gasteiger charge is 2.37. The number of non-ortho nitro benzene ring substituents is 1. The molecule has 1 aliphatic heterocycles. The zero-order chi connectivity index (χ0) is 25.3. The molecule has 0 bridgehead atoms. The molecular formula is C23H13F3N2O6S. The van der Waals surface area contributed by atoms with Crippen LogP contribution in [0.25, 0.3) is 17.4 Å². The number of hydrogen-bond donors (Lipinski definition) is 0. The van der Waals surface area contributed by atoms with Gasteiger partial charge in [0.15, 0.2) is 5.78 Å². The van der Waals surface area contributed by atoms with Crippen molar-refractivity contribution in [1.82, 2.24) is 4.90 Å². The second-order valence-electron chi connectivity index (χ2n) is 7.24. The fourth-order valence-electron chi connectivity index (χ4n) is 3.29. The van der Waals surface area contributed by atoms with Gasteiger partial charge in [-0.05, 0) is 42.1 Å². The highest BCUT2D eigenvalue weighted by atomic mass is 32.2. The Morgan fingerprint density at radius 1 is 1.06 bits per heavy atom. The number of nitrogens with zero attached hydrogens (tertiary/aromatic N) is 2. The third-order valence-corrected chi connectivity index (χ3v) is 5.88. The van der Waals surface area contributed by atoms with Crippen LogP contribution in [0.1, 0.15) is 21.7 Å². The summed E-state index contributed by atoms with van der Waals surface area (Å²) in [5.74, 6) is -1.41. The molecule has 1 saturated heterocycles. The molecule has 0 saturated carbocycles. The topological polar surface area (TPSA) is 111 Å². The summed E-state index contributed by atoms with van der Waals surface area (Å²) in [6, 6.07) is 12.2. The number of halogens is 3. The lowest BCUT2D eigenvalue weighted by atomic mass is 10.1. The number of carbonyl (C=O) groups excluding carboxylic acids is 3. The van der Waals surface area contributed by atoms with Crippen molar-refractivity contribution in [3.63, 3.8) is 0 Å². The molecule has 2 amide bonds. The number of ketones is 1. The molecule has 2 aromatic carbocycles. The fourth-order valence-corrected chi connectivity index (χ4v) is 4.11. The van der Waals surface area contributed by atoms with E-state index in [1.807, 2.05) is 0 Å². The molecule has 4 rings (SSSR count). The van der Waals surface area contributed by atoms with Gasteiger partial charge in [0.2, 0.25) is 0 Å². The Balaban J connectivity index is 1.52. The maximum atomic E-state index is 13.3. The van der Waals surface area contributed by atoms with Crippen molar-refractivity contribution in [2.24, 2.45) is 0 Å². The quantitative estimate of drug-likeness (QED) is 0.181. The lowest BCUT2D eigenvalue weighted by Crippen LogP contribution is -2.33. The van der Waals surface area contributed by atoms with Gasteiger partial charge in [-0.3, -0.25) is 29.4 Å². The molecule has 8 nitrogen and oxygen atoms in total. The standard InChI is InChI=1S/C23H13F3N2O6S/c24-23(25,26)17-4-2-1-3-16(17)19-10-9-15(34-19)11-20-21(30)27(22(31)35-20)12-18(29)13-5-7-14(8-6-13)28(32)33/h1-11H,12H2/b20-11+. The van der Waals surface area contributed by atoms with Gasteiger partial charge in [0, 0.05) is 29.3 Å². The Hall–Kier alpha value is -4.19. The van der Waals surface area contributed by atoms with Crippen molar-refractivity contribution in [2.75, 3.05) is 6.54 Å². The van der Waals surface area contributed by atoms with E-state index in [2.05, 4.69) is 0 Å². The lowest BCUT2D eigenvalue weighted by Gasteiger charge is -2.11. The van der Waals surface area contributed by atoms with Gasteiger partial charge in [-0.25, -0.2) is 0 Å². The minimum absolute atomic E-state index is 0.0455. The second kappa shape index (κ2) is 9.22. The maximum absolute atomic E-state index is 13.3. The number of thioether (sulfide) groups is 1. The SMILES string of the molecule is O=C(CN1C(=O)S/C(=C/c2ccc(-c3ccccc3C(F)(F)F)o2)C1=O)c1ccc([N+](=O)[O-])cc1. The number of imide groups is 1. The molecular weight excluding hydrogens is 489 g/mol. The number of alkyl halides is 3.